The molecular weight excluding hydrogens is 742 g/mol. The maximum Gasteiger partial charge on any atom is 0.327 e. The zero-order valence-electron chi connectivity index (χ0n) is 26.5. The van der Waals surface area contributed by atoms with Crippen LogP contribution in [0.5, 0.6) is 0 Å². The average molecular weight is 774 g/mol. The fourth-order valence-corrected chi connectivity index (χ4v) is 8.73. The van der Waals surface area contributed by atoms with Crippen molar-refractivity contribution in [2.75, 3.05) is 7.11 Å². The summed E-state index contributed by atoms with van der Waals surface area (Å²) in [5, 5.41) is 28.6. The van der Waals surface area contributed by atoms with Gasteiger partial charge in [0.25, 0.3) is 0 Å². The highest BCUT2D eigenvalue weighted by molar-refractivity contribution is 9.10. The van der Waals surface area contributed by atoms with E-state index in [0.717, 1.165) is 26.0 Å². The molecule has 0 amide bonds. The van der Waals surface area contributed by atoms with E-state index in [1.54, 1.807) is 6.07 Å². The number of nitrogens with zero attached hydrogens (tertiary/aromatic N) is 1. The molecule has 49 heavy (non-hydrogen) atoms. The Hall–Kier alpha value is -4.61. The molecule has 7 heteroatoms. The van der Waals surface area contributed by atoms with Gasteiger partial charge in [0.1, 0.15) is 5.60 Å². The molecule has 1 N–H and O–H groups in total. The van der Waals surface area contributed by atoms with Crippen molar-refractivity contribution in [1.29, 1.82) is 5.26 Å². The highest BCUT2D eigenvalue weighted by atomic mass is 79.9. The molecule has 0 heterocycles. The lowest BCUT2D eigenvalue weighted by Crippen LogP contribution is -2.59. The van der Waals surface area contributed by atoms with Gasteiger partial charge in [-0.15, -0.1) is 0 Å². The number of hydrogen-bond donors (Lipinski definition) is 1. The van der Waals surface area contributed by atoms with Gasteiger partial charge in [-0.05, 0) is 81.1 Å². The number of benzene rings is 6. The molecule has 242 valence electrons. The summed E-state index contributed by atoms with van der Waals surface area (Å²) in [7, 11) is 1.27. The molecule has 0 spiro atoms. The molecule has 0 aromatic heterocycles. The third-order valence-electron chi connectivity index (χ3n) is 10.1. The third kappa shape index (κ3) is 5.58. The van der Waals surface area contributed by atoms with Crippen LogP contribution in [0, 0.1) is 22.7 Å². The Morgan fingerprint density at radius 1 is 0.735 bits per heavy atom. The first-order valence-corrected chi connectivity index (χ1v) is 17.5. The van der Waals surface area contributed by atoms with Crippen molar-refractivity contribution < 1.29 is 19.4 Å². The number of Topliss-reactive ketones (excluding diaryl/α,β-unsaturated/α-hetero) is 1. The SMILES string of the molecule is COC(=O)[C@@]1(C#N)[C@@H](c2cccc(Br)c2)C[C@](O)(c2ccc3ccccc3c2)[C@H](C(=O)c2ccc3ccccc3c2)[C@@H]1c1cccc(Br)c1. The predicted molar refractivity (Wildman–Crippen MR) is 198 cm³/mol. The molecule has 0 bridgehead atoms. The van der Waals surface area contributed by atoms with Crippen LogP contribution in [0.25, 0.3) is 21.5 Å². The van der Waals surface area contributed by atoms with Gasteiger partial charge >= 0.3 is 5.97 Å². The number of rotatable bonds is 6. The summed E-state index contributed by atoms with van der Waals surface area (Å²) in [6.07, 6.45) is -0.0983. The second-order valence-corrected chi connectivity index (χ2v) is 14.5. The maximum atomic E-state index is 15.3. The van der Waals surface area contributed by atoms with Gasteiger partial charge in [-0.1, -0.05) is 129 Å². The molecule has 5 atom stereocenters. The highest BCUT2D eigenvalue weighted by Crippen LogP contribution is 2.64. The number of carbonyl (C=O) groups excluding carboxylic acids is 2. The van der Waals surface area contributed by atoms with Crippen molar-refractivity contribution in [1.82, 2.24) is 0 Å². The second kappa shape index (κ2) is 13.0. The van der Waals surface area contributed by atoms with Crippen molar-refractivity contribution in [2.24, 2.45) is 11.3 Å². The summed E-state index contributed by atoms with van der Waals surface area (Å²) in [6, 6.07) is 43.9. The topological polar surface area (TPSA) is 87.4 Å². The predicted octanol–water partition coefficient (Wildman–Crippen LogP) is 9.86. The van der Waals surface area contributed by atoms with Crippen LogP contribution in [0.4, 0.5) is 0 Å². The maximum absolute atomic E-state index is 15.3. The summed E-state index contributed by atoms with van der Waals surface area (Å²) >= 11 is 7.16. The van der Waals surface area contributed by atoms with Gasteiger partial charge in [-0.3, -0.25) is 9.59 Å². The number of hydrogen-bond acceptors (Lipinski definition) is 5. The van der Waals surface area contributed by atoms with Crippen LogP contribution in [-0.2, 0) is 15.1 Å². The van der Waals surface area contributed by atoms with Gasteiger partial charge in [0.15, 0.2) is 11.2 Å². The normalized spacial score (nSPS) is 23.5. The minimum absolute atomic E-state index is 0.0983. The third-order valence-corrected chi connectivity index (χ3v) is 11.1. The molecule has 5 nitrogen and oxygen atoms in total. The number of fused-ring (bicyclic) bond motifs is 2. The largest absolute Gasteiger partial charge is 0.468 e. The number of nitriles is 1. The molecule has 0 unspecified atom stereocenters. The Labute approximate surface area is 301 Å². The minimum Gasteiger partial charge on any atom is -0.468 e. The number of esters is 1. The van der Waals surface area contributed by atoms with E-state index < -0.39 is 34.7 Å². The van der Waals surface area contributed by atoms with Crippen molar-refractivity contribution in [2.45, 2.75) is 23.9 Å². The summed E-state index contributed by atoms with van der Waals surface area (Å²) in [4.78, 5) is 29.7. The summed E-state index contributed by atoms with van der Waals surface area (Å²) in [6.45, 7) is 0. The monoisotopic (exact) mass is 771 g/mol. The molecule has 1 aliphatic carbocycles. The van der Waals surface area contributed by atoms with E-state index in [-0.39, 0.29) is 12.2 Å². The molecule has 1 aliphatic rings. The molecule has 0 saturated heterocycles. The van der Waals surface area contributed by atoms with E-state index in [2.05, 4.69) is 37.9 Å². The second-order valence-electron chi connectivity index (χ2n) is 12.7. The van der Waals surface area contributed by atoms with Crippen LogP contribution < -0.4 is 0 Å². The fraction of sp³-hybridized carbons (Fsp3) is 0.167. The van der Waals surface area contributed by atoms with Crippen molar-refractivity contribution in [3.05, 3.63) is 165 Å². The zero-order chi connectivity index (χ0) is 34.3. The number of aliphatic hydroxyl groups is 1. The molecule has 7 rings (SSSR count). The Morgan fingerprint density at radius 2 is 1.31 bits per heavy atom. The standard InChI is InChI=1S/C42H31Br2NO4/c1-49-40(47)41(25-45)36(30-12-6-14-34(43)22-30)24-42(48,33-19-18-27-9-3-5-11-29(27)21-33)38(37(41)31-13-7-15-35(44)23-31)39(46)32-17-16-26-8-2-4-10-28(26)20-32/h2-23,36-38,48H,24H2,1H3/t36-,37+,38+,41+,42+/m1/s1. The quantitative estimate of drug-likeness (QED) is 0.135. The number of methoxy groups -OCH3 is 1. The van der Waals surface area contributed by atoms with Gasteiger partial charge in [0, 0.05) is 26.3 Å². The molecule has 0 radical (unpaired) electrons. The Balaban J connectivity index is 1.58. The highest BCUT2D eigenvalue weighted by Gasteiger charge is 2.67. The van der Waals surface area contributed by atoms with Crippen LogP contribution in [0.15, 0.2) is 142 Å². The average Bonchev–Trinajstić information content (AvgIpc) is 3.13. The van der Waals surface area contributed by atoms with Gasteiger partial charge in [-0.25, -0.2) is 0 Å². The van der Waals surface area contributed by atoms with Gasteiger partial charge in [0.05, 0.1) is 19.1 Å². The first-order valence-electron chi connectivity index (χ1n) is 15.9. The lowest BCUT2D eigenvalue weighted by molar-refractivity contribution is -0.162. The first kappa shape index (κ1) is 32.9. The van der Waals surface area contributed by atoms with Crippen molar-refractivity contribution >= 4 is 65.2 Å². The zero-order valence-corrected chi connectivity index (χ0v) is 29.7. The molecular formula is C42H31Br2NO4. The van der Waals surface area contributed by atoms with Gasteiger partial charge in [-0.2, -0.15) is 5.26 Å². The van der Waals surface area contributed by atoms with Crippen molar-refractivity contribution in [3.8, 4) is 6.07 Å². The van der Waals surface area contributed by atoms with Gasteiger partial charge in [0.2, 0.25) is 0 Å². The Bertz CT molecular complexity index is 2300. The Kier molecular flexibility index (Phi) is 8.74. The van der Waals surface area contributed by atoms with Gasteiger partial charge < -0.3 is 9.84 Å². The number of ketones is 1. The van der Waals surface area contributed by atoms with Crippen molar-refractivity contribution in [3.63, 3.8) is 0 Å². The van der Waals surface area contributed by atoms with Crippen LogP contribution in [0.1, 0.15) is 45.3 Å². The van der Waals surface area contributed by atoms with Crippen LogP contribution in [0.2, 0.25) is 0 Å². The molecule has 6 aromatic rings. The van der Waals surface area contributed by atoms with Crippen LogP contribution in [-0.4, -0.2) is 24.0 Å². The van der Waals surface area contributed by atoms with E-state index in [1.807, 2.05) is 127 Å². The van der Waals surface area contributed by atoms with Crippen LogP contribution in [0.3, 0.4) is 0 Å². The molecule has 1 saturated carbocycles. The van der Waals surface area contributed by atoms with E-state index in [1.165, 1.54) is 7.11 Å². The van der Waals surface area contributed by atoms with E-state index in [4.69, 9.17) is 4.74 Å². The summed E-state index contributed by atoms with van der Waals surface area (Å²) in [5.41, 5.74) is -1.61. The summed E-state index contributed by atoms with van der Waals surface area (Å²) in [5.74, 6) is -4.41. The summed E-state index contributed by atoms with van der Waals surface area (Å²) < 4.78 is 6.95. The molecule has 6 aromatic carbocycles. The van der Waals surface area contributed by atoms with Crippen LogP contribution >= 0.6 is 31.9 Å². The lowest BCUT2D eigenvalue weighted by Gasteiger charge is -2.54. The fourth-order valence-electron chi connectivity index (χ4n) is 7.89. The number of halogens is 2. The smallest absolute Gasteiger partial charge is 0.327 e. The molecule has 1 fully saturated rings. The Morgan fingerprint density at radius 3 is 1.92 bits per heavy atom. The molecule has 0 aliphatic heterocycles. The first-order chi connectivity index (χ1) is 23.7. The van der Waals surface area contributed by atoms with E-state index >= 15 is 4.79 Å². The number of ether oxygens (including phenoxy) is 1. The minimum atomic E-state index is -1.91. The van der Waals surface area contributed by atoms with E-state index in [9.17, 15) is 15.2 Å². The lowest BCUT2D eigenvalue weighted by atomic mass is 9.47. The van der Waals surface area contributed by atoms with E-state index in [0.29, 0.717) is 26.7 Å². The number of carbonyl (C=O) groups is 2.